The predicted molar refractivity (Wildman–Crippen MR) is 78.1 cm³/mol. The maximum absolute atomic E-state index is 10.8. The molecule has 0 aliphatic carbocycles. The van der Waals surface area contributed by atoms with Crippen LogP contribution < -0.4 is 9.47 Å². The summed E-state index contributed by atoms with van der Waals surface area (Å²) < 4.78 is 10.5. The summed E-state index contributed by atoms with van der Waals surface area (Å²) >= 11 is 1.44. The van der Waals surface area contributed by atoms with E-state index in [1.54, 1.807) is 32.5 Å². The molecule has 21 heavy (non-hydrogen) atoms. The molecule has 7 heteroatoms. The fraction of sp³-hybridized carbons (Fsp3) is 0.214. The average molecular weight is 306 g/mol. The van der Waals surface area contributed by atoms with Crippen LogP contribution in [0.25, 0.3) is 0 Å². The van der Waals surface area contributed by atoms with E-state index in [0.717, 1.165) is 5.69 Å². The molecular formula is C14H14N2O4S. The molecule has 2 aromatic heterocycles. The van der Waals surface area contributed by atoms with Crippen LogP contribution in [0.1, 0.15) is 16.1 Å². The summed E-state index contributed by atoms with van der Waals surface area (Å²) in [6, 6.07) is 4.92. The van der Waals surface area contributed by atoms with Gasteiger partial charge in [-0.3, -0.25) is 4.98 Å². The lowest BCUT2D eigenvalue weighted by Gasteiger charge is -2.11. The highest BCUT2D eigenvalue weighted by atomic mass is 32.2. The Morgan fingerprint density at radius 1 is 1.24 bits per heavy atom. The molecule has 0 aliphatic rings. The molecule has 110 valence electrons. The number of thioether (sulfide) groups is 1. The van der Waals surface area contributed by atoms with Gasteiger partial charge < -0.3 is 14.6 Å². The minimum Gasteiger partial charge on any atom is -0.493 e. The third-order valence-electron chi connectivity index (χ3n) is 2.71. The molecule has 2 rings (SSSR count). The lowest BCUT2D eigenvalue weighted by molar-refractivity contribution is 0.0696. The number of ether oxygens (including phenoxy) is 2. The van der Waals surface area contributed by atoms with E-state index in [1.165, 1.54) is 24.0 Å². The van der Waals surface area contributed by atoms with Gasteiger partial charge in [-0.2, -0.15) is 0 Å². The van der Waals surface area contributed by atoms with Crippen LogP contribution >= 0.6 is 11.8 Å². The topological polar surface area (TPSA) is 81.5 Å². The van der Waals surface area contributed by atoms with Gasteiger partial charge in [-0.25, -0.2) is 9.78 Å². The zero-order valence-corrected chi connectivity index (χ0v) is 12.4. The zero-order chi connectivity index (χ0) is 15.2. The number of methoxy groups -OCH3 is 2. The third-order valence-corrected chi connectivity index (χ3v) is 3.66. The van der Waals surface area contributed by atoms with E-state index in [4.69, 9.17) is 14.6 Å². The van der Waals surface area contributed by atoms with E-state index in [2.05, 4.69) is 9.97 Å². The minimum absolute atomic E-state index is 0.163. The Morgan fingerprint density at radius 3 is 2.62 bits per heavy atom. The van der Waals surface area contributed by atoms with Gasteiger partial charge in [0.2, 0.25) is 0 Å². The Balaban J connectivity index is 2.11. The molecule has 0 saturated carbocycles. The van der Waals surface area contributed by atoms with Crippen molar-refractivity contribution in [2.75, 3.05) is 14.2 Å². The number of nitrogens with zero attached hydrogens (tertiary/aromatic N) is 2. The van der Waals surface area contributed by atoms with E-state index < -0.39 is 5.97 Å². The Labute approximate surface area is 126 Å². The highest BCUT2D eigenvalue weighted by Gasteiger charge is 2.12. The molecule has 6 nitrogen and oxygen atoms in total. The van der Waals surface area contributed by atoms with Crippen LogP contribution in [0.15, 0.2) is 35.6 Å². The molecule has 0 aliphatic heterocycles. The average Bonchev–Trinajstić information content (AvgIpc) is 2.52. The summed E-state index contributed by atoms with van der Waals surface area (Å²) in [7, 11) is 3.13. The predicted octanol–water partition coefficient (Wildman–Crippen LogP) is 2.48. The summed E-state index contributed by atoms with van der Waals surface area (Å²) in [5.41, 5.74) is 0.905. The van der Waals surface area contributed by atoms with Crippen molar-refractivity contribution in [2.45, 2.75) is 10.8 Å². The van der Waals surface area contributed by atoms with E-state index in [-0.39, 0.29) is 5.56 Å². The van der Waals surface area contributed by atoms with Crippen molar-refractivity contribution in [3.8, 4) is 11.5 Å². The molecule has 0 aromatic carbocycles. The first-order valence-electron chi connectivity index (χ1n) is 6.03. The highest BCUT2D eigenvalue weighted by Crippen LogP contribution is 2.32. The number of carboxylic acid groups (broad SMARTS) is 1. The van der Waals surface area contributed by atoms with Gasteiger partial charge in [0.1, 0.15) is 0 Å². The van der Waals surface area contributed by atoms with Crippen LogP contribution in [0.3, 0.4) is 0 Å². The van der Waals surface area contributed by atoms with Gasteiger partial charge in [-0.15, -0.1) is 0 Å². The van der Waals surface area contributed by atoms with Crippen molar-refractivity contribution in [3.63, 3.8) is 0 Å². The van der Waals surface area contributed by atoms with Crippen LogP contribution in [0, 0.1) is 0 Å². The molecule has 1 N–H and O–H groups in total. The molecule has 0 spiro atoms. The van der Waals surface area contributed by atoms with Crippen molar-refractivity contribution in [3.05, 3.63) is 41.9 Å². The van der Waals surface area contributed by atoms with Crippen molar-refractivity contribution in [1.29, 1.82) is 0 Å². The first kappa shape index (κ1) is 15.1. The fourth-order valence-corrected chi connectivity index (χ4v) is 2.47. The zero-order valence-electron chi connectivity index (χ0n) is 11.6. The second kappa shape index (κ2) is 6.94. The summed E-state index contributed by atoms with van der Waals surface area (Å²) in [5, 5.41) is 9.54. The molecule has 0 atom stereocenters. The van der Waals surface area contributed by atoms with Crippen LogP contribution in [0.5, 0.6) is 11.5 Å². The first-order valence-corrected chi connectivity index (χ1v) is 7.02. The Bertz CT molecular complexity index is 631. The van der Waals surface area contributed by atoms with Gasteiger partial charge in [-0.05, 0) is 12.1 Å². The third kappa shape index (κ3) is 3.63. The minimum atomic E-state index is -0.991. The Kier molecular flexibility index (Phi) is 4.99. The van der Waals surface area contributed by atoms with Gasteiger partial charge >= 0.3 is 5.97 Å². The molecule has 0 unspecified atom stereocenters. The lowest BCUT2D eigenvalue weighted by Crippen LogP contribution is -1.98. The number of rotatable bonds is 6. The number of carbonyl (C=O) groups is 1. The summed E-state index contributed by atoms with van der Waals surface area (Å²) in [5.74, 6) is 0.766. The van der Waals surface area contributed by atoms with Crippen molar-refractivity contribution in [2.24, 2.45) is 0 Å². The van der Waals surface area contributed by atoms with Gasteiger partial charge in [-0.1, -0.05) is 11.8 Å². The molecule has 0 bridgehead atoms. The maximum atomic E-state index is 10.8. The summed E-state index contributed by atoms with van der Waals surface area (Å²) in [4.78, 5) is 19.1. The summed E-state index contributed by atoms with van der Waals surface area (Å²) in [6.07, 6.45) is 2.99. The number of aromatic nitrogens is 2. The standard InChI is InChI=1S/C14H14N2O4S/c1-19-11-5-6-15-10(13(11)20-2)8-21-12-4-3-9(7-16-12)14(17)18/h3-7H,8H2,1-2H3,(H,17,18). The lowest BCUT2D eigenvalue weighted by atomic mass is 10.3. The molecule has 2 aromatic rings. The smallest absolute Gasteiger partial charge is 0.337 e. The van der Waals surface area contributed by atoms with Gasteiger partial charge in [0, 0.05) is 24.2 Å². The quantitative estimate of drug-likeness (QED) is 0.821. The number of aromatic carboxylic acids is 1. The Hall–Kier alpha value is -2.28. The molecule has 0 fully saturated rings. The van der Waals surface area contributed by atoms with Crippen LogP contribution in [-0.2, 0) is 5.75 Å². The van der Waals surface area contributed by atoms with Crippen molar-refractivity contribution < 1.29 is 19.4 Å². The largest absolute Gasteiger partial charge is 0.493 e. The van der Waals surface area contributed by atoms with Crippen LogP contribution in [0.2, 0.25) is 0 Å². The van der Waals surface area contributed by atoms with Gasteiger partial charge in [0.15, 0.2) is 11.5 Å². The van der Waals surface area contributed by atoms with Crippen LogP contribution in [-0.4, -0.2) is 35.3 Å². The molecule has 0 saturated heterocycles. The van der Waals surface area contributed by atoms with E-state index >= 15 is 0 Å². The van der Waals surface area contributed by atoms with Gasteiger partial charge in [0.05, 0.1) is 30.5 Å². The van der Waals surface area contributed by atoms with Crippen molar-refractivity contribution in [1.82, 2.24) is 9.97 Å². The molecule has 0 amide bonds. The monoisotopic (exact) mass is 306 g/mol. The van der Waals surface area contributed by atoms with Crippen LogP contribution in [0.4, 0.5) is 0 Å². The maximum Gasteiger partial charge on any atom is 0.337 e. The fourth-order valence-electron chi connectivity index (χ4n) is 1.69. The Morgan fingerprint density at radius 2 is 2.05 bits per heavy atom. The van der Waals surface area contributed by atoms with E-state index in [0.29, 0.717) is 22.3 Å². The number of pyridine rings is 2. The molecule has 0 radical (unpaired) electrons. The number of hydrogen-bond acceptors (Lipinski definition) is 6. The molecule has 2 heterocycles. The molecular weight excluding hydrogens is 292 g/mol. The second-order valence-electron chi connectivity index (χ2n) is 3.97. The number of carboxylic acids is 1. The highest BCUT2D eigenvalue weighted by molar-refractivity contribution is 7.98. The van der Waals surface area contributed by atoms with Crippen molar-refractivity contribution >= 4 is 17.7 Å². The summed E-state index contributed by atoms with van der Waals surface area (Å²) in [6.45, 7) is 0. The van der Waals surface area contributed by atoms with E-state index in [9.17, 15) is 4.79 Å². The second-order valence-corrected chi connectivity index (χ2v) is 4.97. The SMILES string of the molecule is COc1ccnc(CSc2ccc(C(=O)O)cn2)c1OC. The normalized spacial score (nSPS) is 10.2. The van der Waals surface area contributed by atoms with E-state index in [1.807, 2.05) is 0 Å². The first-order chi connectivity index (χ1) is 10.2. The number of hydrogen-bond donors (Lipinski definition) is 1. The van der Waals surface area contributed by atoms with Gasteiger partial charge in [0.25, 0.3) is 0 Å².